The lowest BCUT2D eigenvalue weighted by molar-refractivity contribution is -0.117. The molecule has 1 atom stereocenters. The number of aliphatic imine (C=N–C) groups is 1. The van der Waals surface area contributed by atoms with Crippen molar-refractivity contribution in [3.05, 3.63) is 83.6 Å². The van der Waals surface area contributed by atoms with Gasteiger partial charge in [-0.3, -0.25) is 19.6 Å². The van der Waals surface area contributed by atoms with Gasteiger partial charge in [0.15, 0.2) is 0 Å². The summed E-state index contributed by atoms with van der Waals surface area (Å²) >= 11 is 0. The number of amides is 3. The van der Waals surface area contributed by atoms with Crippen molar-refractivity contribution in [1.82, 2.24) is 15.1 Å². The van der Waals surface area contributed by atoms with Gasteiger partial charge in [0.1, 0.15) is 5.84 Å². The maximum Gasteiger partial charge on any atom is 0.330 e. The number of nitrogens with one attached hydrogen (secondary N) is 1. The Labute approximate surface area is 176 Å². The van der Waals surface area contributed by atoms with Gasteiger partial charge in [-0.15, -0.1) is 0 Å². The minimum Gasteiger partial charge on any atom is -0.352 e. The second-order valence-corrected chi connectivity index (χ2v) is 7.60. The Balaban J connectivity index is 1.60. The van der Waals surface area contributed by atoms with Gasteiger partial charge in [-0.2, -0.15) is 0 Å². The van der Waals surface area contributed by atoms with Gasteiger partial charge < -0.3 is 5.32 Å². The first-order chi connectivity index (χ1) is 14.7. The smallest absolute Gasteiger partial charge is 0.330 e. The topological polar surface area (TPSA) is 65.0 Å². The van der Waals surface area contributed by atoms with Crippen LogP contribution in [0.15, 0.2) is 77.4 Å². The molecule has 0 unspecified atom stereocenters. The van der Waals surface area contributed by atoms with Crippen LogP contribution in [-0.2, 0) is 17.8 Å². The number of urea groups is 1. The Kier molecular flexibility index (Phi) is 5.93. The highest BCUT2D eigenvalue weighted by atomic mass is 16.2. The molecule has 0 saturated carbocycles. The average Bonchev–Trinajstić information content (AvgIpc) is 3.19. The van der Waals surface area contributed by atoms with Gasteiger partial charge in [0.05, 0.1) is 24.7 Å². The number of carbonyl (C=O) groups excluding carboxylic acids is 2. The minimum atomic E-state index is -0.188. The third-order valence-corrected chi connectivity index (χ3v) is 5.25. The standard InChI is InChI=1S/C24H26N4O2/c1-2-13-25-23(29)21-17-27(15-19-11-7-4-8-12-19)24(30)28-16-20(26-22(21)28)14-18-9-5-3-6-10-18/h3-12,17,20H,2,13-16H2,1H3,(H,25,29)/t20-/m1/s1. The largest absolute Gasteiger partial charge is 0.352 e. The Morgan fingerprint density at radius 3 is 2.40 bits per heavy atom. The van der Waals surface area contributed by atoms with Crippen molar-refractivity contribution in [2.45, 2.75) is 32.4 Å². The van der Waals surface area contributed by atoms with Crippen LogP contribution in [-0.4, -0.2) is 46.7 Å². The van der Waals surface area contributed by atoms with E-state index in [0.717, 1.165) is 18.4 Å². The fraction of sp³-hybridized carbons (Fsp3) is 0.292. The van der Waals surface area contributed by atoms with E-state index in [0.29, 0.717) is 31.0 Å². The summed E-state index contributed by atoms with van der Waals surface area (Å²) in [7, 11) is 0. The molecule has 154 valence electrons. The van der Waals surface area contributed by atoms with Crippen LogP contribution in [0.2, 0.25) is 0 Å². The summed E-state index contributed by atoms with van der Waals surface area (Å²) in [6, 6.07) is 19.7. The molecule has 0 radical (unpaired) electrons. The number of hydrogen-bond donors (Lipinski definition) is 1. The molecular formula is C24H26N4O2. The van der Waals surface area contributed by atoms with E-state index in [9.17, 15) is 9.59 Å². The van der Waals surface area contributed by atoms with Crippen molar-refractivity contribution >= 4 is 17.8 Å². The first-order valence-corrected chi connectivity index (χ1v) is 10.4. The molecule has 0 spiro atoms. The van der Waals surface area contributed by atoms with Gasteiger partial charge in [0.25, 0.3) is 5.91 Å². The van der Waals surface area contributed by atoms with Gasteiger partial charge in [-0.1, -0.05) is 67.6 Å². The normalized spacial score (nSPS) is 18.0. The van der Waals surface area contributed by atoms with Crippen LogP contribution in [0.4, 0.5) is 4.79 Å². The van der Waals surface area contributed by atoms with Gasteiger partial charge in [-0.05, 0) is 24.0 Å². The number of rotatable bonds is 7. The molecule has 6 heteroatoms. The SMILES string of the molecule is CCCNC(=O)C1=CN(Cc2ccccc2)C(=O)N2C[C@@H](Cc3ccccc3)N=C12. The van der Waals surface area contributed by atoms with Gasteiger partial charge in [0.2, 0.25) is 0 Å². The number of benzene rings is 2. The highest BCUT2D eigenvalue weighted by molar-refractivity contribution is 6.25. The lowest BCUT2D eigenvalue weighted by Crippen LogP contribution is -2.49. The highest BCUT2D eigenvalue weighted by Gasteiger charge is 2.40. The third-order valence-electron chi connectivity index (χ3n) is 5.25. The van der Waals surface area contributed by atoms with E-state index in [2.05, 4.69) is 17.4 Å². The predicted molar refractivity (Wildman–Crippen MR) is 117 cm³/mol. The van der Waals surface area contributed by atoms with Crippen molar-refractivity contribution in [3.8, 4) is 0 Å². The Hall–Kier alpha value is -3.41. The summed E-state index contributed by atoms with van der Waals surface area (Å²) in [5, 5.41) is 2.93. The summed E-state index contributed by atoms with van der Waals surface area (Å²) in [6.45, 7) is 3.49. The Morgan fingerprint density at radius 2 is 1.73 bits per heavy atom. The first-order valence-electron chi connectivity index (χ1n) is 10.4. The lowest BCUT2D eigenvalue weighted by Gasteiger charge is -2.32. The molecule has 2 aromatic carbocycles. The molecule has 3 amide bonds. The third kappa shape index (κ3) is 4.27. The summed E-state index contributed by atoms with van der Waals surface area (Å²) in [5.41, 5.74) is 2.63. The molecule has 0 saturated heterocycles. The zero-order valence-corrected chi connectivity index (χ0v) is 17.1. The van der Waals surface area contributed by atoms with E-state index in [4.69, 9.17) is 4.99 Å². The van der Waals surface area contributed by atoms with Crippen LogP contribution in [0.1, 0.15) is 24.5 Å². The summed E-state index contributed by atoms with van der Waals surface area (Å²) in [4.78, 5) is 34.1. The highest BCUT2D eigenvalue weighted by Crippen LogP contribution is 2.25. The summed E-state index contributed by atoms with van der Waals surface area (Å²) in [5.74, 6) is 0.297. The monoisotopic (exact) mass is 402 g/mol. The van der Waals surface area contributed by atoms with Crippen LogP contribution in [0.5, 0.6) is 0 Å². The van der Waals surface area contributed by atoms with Gasteiger partial charge >= 0.3 is 6.03 Å². The van der Waals surface area contributed by atoms with Crippen LogP contribution >= 0.6 is 0 Å². The molecule has 2 aliphatic heterocycles. The van der Waals surface area contributed by atoms with Crippen molar-refractivity contribution in [2.24, 2.45) is 4.99 Å². The maximum absolute atomic E-state index is 13.2. The number of amidine groups is 1. The Morgan fingerprint density at radius 1 is 1.07 bits per heavy atom. The summed E-state index contributed by atoms with van der Waals surface area (Å²) in [6.07, 6.45) is 3.23. The van der Waals surface area contributed by atoms with E-state index in [1.54, 1.807) is 16.0 Å². The molecule has 0 aromatic heterocycles. The van der Waals surface area contributed by atoms with Crippen LogP contribution in [0.3, 0.4) is 0 Å². The van der Waals surface area contributed by atoms with Crippen molar-refractivity contribution in [1.29, 1.82) is 0 Å². The molecule has 0 aliphatic carbocycles. The van der Waals surface area contributed by atoms with Crippen LogP contribution in [0.25, 0.3) is 0 Å². The molecule has 0 bridgehead atoms. The second-order valence-electron chi connectivity index (χ2n) is 7.60. The molecule has 2 aromatic rings. The van der Waals surface area contributed by atoms with Crippen molar-refractivity contribution in [3.63, 3.8) is 0 Å². The second kappa shape index (κ2) is 8.95. The molecule has 0 fully saturated rings. The van der Waals surface area contributed by atoms with Gasteiger partial charge in [0, 0.05) is 12.7 Å². The number of carbonyl (C=O) groups is 2. The molecule has 2 aliphatic rings. The maximum atomic E-state index is 13.2. The van der Waals surface area contributed by atoms with Crippen molar-refractivity contribution in [2.75, 3.05) is 13.1 Å². The van der Waals surface area contributed by atoms with Crippen molar-refractivity contribution < 1.29 is 9.59 Å². The molecule has 1 N–H and O–H groups in total. The molecule has 2 heterocycles. The zero-order valence-electron chi connectivity index (χ0n) is 17.1. The number of nitrogens with zero attached hydrogens (tertiary/aromatic N) is 3. The zero-order chi connectivity index (χ0) is 20.9. The first kappa shape index (κ1) is 19.9. The van der Waals surface area contributed by atoms with E-state index in [-0.39, 0.29) is 18.0 Å². The molecule has 4 rings (SSSR count). The van der Waals surface area contributed by atoms with Crippen LogP contribution < -0.4 is 5.32 Å². The quantitative estimate of drug-likeness (QED) is 0.772. The Bertz CT molecular complexity index is 969. The van der Waals surface area contributed by atoms with E-state index in [1.807, 2.05) is 55.5 Å². The van der Waals surface area contributed by atoms with E-state index < -0.39 is 0 Å². The van der Waals surface area contributed by atoms with E-state index >= 15 is 0 Å². The van der Waals surface area contributed by atoms with Gasteiger partial charge in [-0.25, -0.2) is 4.79 Å². The lowest BCUT2D eigenvalue weighted by atomic mass is 10.1. The average molecular weight is 402 g/mol. The number of hydrogen-bond acceptors (Lipinski definition) is 3. The minimum absolute atomic E-state index is 0.0644. The predicted octanol–water partition coefficient (Wildman–Crippen LogP) is 3.36. The van der Waals surface area contributed by atoms with Crippen LogP contribution in [0, 0.1) is 0 Å². The fourth-order valence-corrected chi connectivity index (χ4v) is 3.77. The van der Waals surface area contributed by atoms with E-state index in [1.165, 1.54) is 5.56 Å². The fourth-order valence-electron chi connectivity index (χ4n) is 3.77. The molecule has 30 heavy (non-hydrogen) atoms. The number of fused-ring (bicyclic) bond motifs is 1. The molecule has 6 nitrogen and oxygen atoms in total. The molecular weight excluding hydrogens is 376 g/mol. The summed E-state index contributed by atoms with van der Waals surface area (Å²) < 4.78 is 0.